The fourth-order valence-electron chi connectivity index (χ4n) is 3.12. The van der Waals surface area contributed by atoms with Crippen LogP contribution < -0.4 is 15.4 Å². The van der Waals surface area contributed by atoms with E-state index >= 15 is 0 Å². The number of ether oxygens (including phenoxy) is 1. The van der Waals surface area contributed by atoms with Crippen molar-refractivity contribution in [1.29, 1.82) is 0 Å². The van der Waals surface area contributed by atoms with Crippen molar-refractivity contribution in [2.45, 2.75) is 12.5 Å². The summed E-state index contributed by atoms with van der Waals surface area (Å²) in [6, 6.07) is 9.50. The number of phenols is 1. The van der Waals surface area contributed by atoms with Crippen molar-refractivity contribution in [1.82, 2.24) is 15.3 Å². The molecule has 6 nitrogen and oxygen atoms in total. The number of methoxy groups -OCH3 is 1. The van der Waals surface area contributed by atoms with Crippen LogP contribution in [0.15, 0.2) is 36.4 Å². The number of benzene rings is 2. The second-order valence-corrected chi connectivity index (χ2v) is 6.27. The zero-order valence-corrected chi connectivity index (χ0v) is 14.3. The number of halogens is 1. The Bertz CT molecular complexity index is 958. The average Bonchev–Trinajstić information content (AvgIpc) is 3.16. The van der Waals surface area contributed by atoms with E-state index in [1.807, 2.05) is 18.2 Å². The number of aromatic nitrogens is 2. The molecule has 2 aromatic carbocycles. The molecule has 1 atom stereocenters. The molecule has 1 fully saturated rings. The van der Waals surface area contributed by atoms with Gasteiger partial charge in [-0.25, -0.2) is 14.4 Å². The summed E-state index contributed by atoms with van der Waals surface area (Å²) in [5.74, 6) is 1.10. The van der Waals surface area contributed by atoms with E-state index < -0.39 is 5.82 Å². The molecule has 0 aliphatic carbocycles. The highest BCUT2D eigenvalue weighted by Gasteiger charge is 2.19. The van der Waals surface area contributed by atoms with Crippen LogP contribution in [0.3, 0.4) is 0 Å². The molecule has 2 heterocycles. The molecule has 1 aliphatic rings. The SMILES string of the molecule is COc1ccc2nc(-c3cc(F)ccc3O)nc(N[C@H]3CCNC3)c2c1. The number of phenolic OH excluding ortho intramolecular Hbond substituents is 1. The van der Waals surface area contributed by atoms with Crippen molar-refractivity contribution in [3.63, 3.8) is 0 Å². The molecule has 0 saturated carbocycles. The zero-order chi connectivity index (χ0) is 18.1. The maximum Gasteiger partial charge on any atom is 0.165 e. The standard InChI is InChI=1S/C19H19FN4O2/c1-26-13-3-4-16-14(9-13)18(22-12-6-7-21-10-12)24-19(23-16)15-8-11(20)2-5-17(15)25/h2-5,8-9,12,21,25H,6-7,10H2,1H3,(H,22,23,24)/t12-/m0/s1. The van der Waals surface area contributed by atoms with Crippen LogP contribution in [-0.2, 0) is 0 Å². The van der Waals surface area contributed by atoms with Crippen LogP contribution in [0.2, 0.25) is 0 Å². The lowest BCUT2D eigenvalue weighted by Gasteiger charge is -2.16. The van der Waals surface area contributed by atoms with Gasteiger partial charge < -0.3 is 20.5 Å². The van der Waals surface area contributed by atoms with Gasteiger partial charge in [0, 0.05) is 18.0 Å². The van der Waals surface area contributed by atoms with Crippen LogP contribution in [-0.4, -0.2) is 41.3 Å². The second-order valence-electron chi connectivity index (χ2n) is 6.27. The maximum absolute atomic E-state index is 13.7. The van der Waals surface area contributed by atoms with E-state index in [4.69, 9.17) is 4.74 Å². The van der Waals surface area contributed by atoms with Crippen molar-refractivity contribution in [2.75, 3.05) is 25.5 Å². The molecule has 4 rings (SSSR count). The average molecular weight is 354 g/mol. The topological polar surface area (TPSA) is 79.3 Å². The van der Waals surface area contributed by atoms with E-state index in [0.717, 1.165) is 24.9 Å². The van der Waals surface area contributed by atoms with Crippen molar-refractivity contribution >= 4 is 16.7 Å². The van der Waals surface area contributed by atoms with Gasteiger partial charge in [0.1, 0.15) is 23.1 Å². The minimum atomic E-state index is -0.453. The fraction of sp³-hybridized carbons (Fsp3) is 0.263. The largest absolute Gasteiger partial charge is 0.507 e. The van der Waals surface area contributed by atoms with E-state index in [2.05, 4.69) is 20.6 Å². The van der Waals surface area contributed by atoms with Crippen molar-refractivity contribution in [2.24, 2.45) is 0 Å². The van der Waals surface area contributed by atoms with Crippen molar-refractivity contribution in [3.8, 4) is 22.9 Å². The third-order valence-corrected chi connectivity index (χ3v) is 4.50. The Morgan fingerprint density at radius 2 is 2.12 bits per heavy atom. The third-order valence-electron chi connectivity index (χ3n) is 4.50. The van der Waals surface area contributed by atoms with Gasteiger partial charge in [-0.2, -0.15) is 0 Å². The van der Waals surface area contributed by atoms with Gasteiger partial charge >= 0.3 is 0 Å². The van der Waals surface area contributed by atoms with Gasteiger partial charge in [0.25, 0.3) is 0 Å². The molecular weight excluding hydrogens is 335 g/mol. The molecule has 0 amide bonds. The second kappa shape index (κ2) is 6.76. The minimum absolute atomic E-state index is 0.0623. The van der Waals surface area contributed by atoms with Gasteiger partial charge in [0.15, 0.2) is 5.82 Å². The normalized spacial score (nSPS) is 16.8. The number of anilines is 1. The molecule has 1 saturated heterocycles. The van der Waals surface area contributed by atoms with Gasteiger partial charge in [0.05, 0.1) is 18.2 Å². The molecule has 7 heteroatoms. The first kappa shape index (κ1) is 16.5. The Morgan fingerprint density at radius 3 is 2.88 bits per heavy atom. The summed E-state index contributed by atoms with van der Waals surface area (Å²) in [4.78, 5) is 9.09. The molecule has 26 heavy (non-hydrogen) atoms. The van der Waals surface area contributed by atoms with Crippen molar-refractivity contribution < 1.29 is 14.2 Å². The molecule has 3 aromatic rings. The number of hydrogen-bond donors (Lipinski definition) is 3. The smallest absolute Gasteiger partial charge is 0.165 e. The number of hydrogen-bond acceptors (Lipinski definition) is 6. The number of aromatic hydroxyl groups is 1. The van der Waals surface area contributed by atoms with Gasteiger partial charge in [0.2, 0.25) is 0 Å². The molecule has 0 spiro atoms. The van der Waals surface area contributed by atoms with Crippen LogP contribution in [0.5, 0.6) is 11.5 Å². The molecule has 1 aliphatic heterocycles. The summed E-state index contributed by atoms with van der Waals surface area (Å²) in [7, 11) is 1.61. The van der Waals surface area contributed by atoms with Crippen LogP contribution in [0.1, 0.15) is 6.42 Å². The molecule has 0 unspecified atom stereocenters. The van der Waals surface area contributed by atoms with Crippen LogP contribution >= 0.6 is 0 Å². The van der Waals surface area contributed by atoms with E-state index in [0.29, 0.717) is 17.1 Å². The van der Waals surface area contributed by atoms with Gasteiger partial charge in [-0.3, -0.25) is 0 Å². The monoisotopic (exact) mass is 354 g/mol. The minimum Gasteiger partial charge on any atom is -0.507 e. The fourth-order valence-corrected chi connectivity index (χ4v) is 3.12. The highest BCUT2D eigenvalue weighted by atomic mass is 19.1. The lowest BCUT2D eigenvalue weighted by molar-refractivity contribution is 0.415. The molecule has 134 valence electrons. The lowest BCUT2D eigenvalue weighted by atomic mass is 10.1. The van der Waals surface area contributed by atoms with Gasteiger partial charge in [-0.05, 0) is 49.4 Å². The summed E-state index contributed by atoms with van der Waals surface area (Å²) in [5, 5.41) is 17.7. The van der Waals surface area contributed by atoms with E-state index in [1.54, 1.807) is 7.11 Å². The zero-order valence-electron chi connectivity index (χ0n) is 14.3. The number of nitrogens with zero attached hydrogens (tertiary/aromatic N) is 2. The molecule has 3 N–H and O–H groups in total. The highest BCUT2D eigenvalue weighted by Crippen LogP contribution is 2.32. The summed E-state index contributed by atoms with van der Waals surface area (Å²) < 4.78 is 19.0. The number of fused-ring (bicyclic) bond motifs is 1. The molecular formula is C19H19FN4O2. The predicted molar refractivity (Wildman–Crippen MR) is 98.0 cm³/mol. The Balaban J connectivity index is 1.87. The number of nitrogens with one attached hydrogen (secondary N) is 2. The Hall–Kier alpha value is -2.93. The first-order chi connectivity index (χ1) is 12.6. The third kappa shape index (κ3) is 3.13. The quantitative estimate of drug-likeness (QED) is 0.669. The van der Waals surface area contributed by atoms with Crippen molar-refractivity contribution in [3.05, 3.63) is 42.2 Å². The van der Waals surface area contributed by atoms with Gasteiger partial charge in [-0.15, -0.1) is 0 Å². The van der Waals surface area contributed by atoms with E-state index in [-0.39, 0.29) is 23.2 Å². The number of rotatable bonds is 4. The van der Waals surface area contributed by atoms with Crippen LogP contribution in [0.4, 0.5) is 10.2 Å². The summed E-state index contributed by atoms with van der Waals surface area (Å²) in [6.07, 6.45) is 0.982. The molecule has 0 radical (unpaired) electrons. The van der Waals surface area contributed by atoms with Crippen LogP contribution in [0, 0.1) is 5.82 Å². The summed E-state index contributed by atoms with van der Waals surface area (Å²) in [5.41, 5.74) is 0.947. The summed E-state index contributed by atoms with van der Waals surface area (Å²) in [6.45, 7) is 1.79. The van der Waals surface area contributed by atoms with Gasteiger partial charge in [-0.1, -0.05) is 0 Å². The maximum atomic E-state index is 13.7. The molecule has 1 aromatic heterocycles. The predicted octanol–water partition coefficient (Wildman–Crippen LogP) is 2.92. The van der Waals surface area contributed by atoms with E-state index in [1.165, 1.54) is 18.2 Å². The lowest BCUT2D eigenvalue weighted by Crippen LogP contribution is -2.23. The summed E-state index contributed by atoms with van der Waals surface area (Å²) >= 11 is 0. The first-order valence-electron chi connectivity index (χ1n) is 8.46. The Morgan fingerprint density at radius 1 is 1.23 bits per heavy atom. The Kier molecular flexibility index (Phi) is 4.30. The van der Waals surface area contributed by atoms with E-state index in [9.17, 15) is 9.50 Å². The van der Waals surface area contributed by atoms with Crippen LogP contribution in [0.25, 0.3) is 22.3 Å². The molecule has 0 bridgehead atoms. The first-order valence-corrected chi connectivity index (χ1v) is 8.46. The Labute approximate surface area is 150 Å². The highest BCUT2D eigenvalue weighted by molar-refractivity contribution is 5.92.